The lowest BCUT2D eigenvalue weighted by Crippen LogP contribution is -2.42. The Morgan fingerprint density at radius 1 is 1.24 bits per heavy atom. The highest BCUT2D eigenvalue weighted by Crippen LogP contribution is 2.21. The van der Waals surface area contributed by atoms with Gasteiger partial charge >= 0.3 is 6.18 Å². The summed E-state index contributed by atoms with van der Waals surface area (Å²) in [5, 5.41) is 3.36. The highest BCUT2D eigenvalue weighted by molar-refractivity contribution is 5.80. The monoisotopic (exact) mass is 422 g/mol. The molecular weight excluding hydrogens is 385 g/mol. The summed E-state index contributed by atoms with van der Waals surface area (Å²) in [5.41, 5.74) is 0. The highest BCUT2D eigenvalue weighted by Gasteiger charge is 2.32. The fourth-order valence-corrected chi connectivity index (χ4v) is 3.97. The van der Waals surface area contributed by atoms with Gasteiger partial charge in [0, 0.05) is 59.7 Å². The van der Waals surface area contributed by atoms with Crippen molar-refractivity contribution in [2.75, 3.05) is 72.7 Å². The largest absolute Gasteiger partial charge is 0.401 e. The first-order chi connectivity index (χ1) is 13.9. The van der Waals surface area contributed by atoms with Crippen LogP contribution in [0.15, 0.2) is 4.99 Å². The van der Waals surface area contributed by atoms with Crippen LogP contribution < -0.4 is 5.32 Å². The van der Waals surface area contributed by atoms with Gasteiger partial charge in [0.05, 0.1) is 6.54 Å². The molecule has 0 saturated carbocycles. The zero-order chi connectivity index (χ0) is 21.1. The van der Waals surface area contributed by atoms with Gasteiger partial charge in [0.2, 0.25) is 0 Å². The number of guanidine groups is 1. The normalized spacial score (nSPS) is 21.9. The smallest absolute Gasteiger partial charge is 0.381 e. The van der Waals surface area contributed by atoms with Crippen molar-refractivity contribution >= 4 is 5.96 Å². The fourth-order valence-electron chi connectivity index (χ4n) is 3.97. The lowest BCUT2D eigenvalue weighted by molar-refractivity contribution is -0.146. The van der Waals surface area contributed by atoms with Crippen LogP contribution in [0.4, 0.5) is 13.2 Å². The standard InChI is InChI=1S/C20H37F3N4O2/c1-3-26(16-20(21,22)23)13-18-5-9-27(14-18)19(24-2)25-8-4-10-29-15-17-6-11-28-12-7-17/h17-18H,3-16H2,1-2H3,(H,24,25). The average Bonchev–Trinajstić information content (AvgIpc) is 3.15. The molecule has 2 rings (SSSR count). The Morgan fingerprint density at radius 2 is 2.00 bits per heavy atom. The second-order valence-corrected chi connectivity index (χ2v) is 8.00. The van der Waals surface area contributed by atoms with Crippen LogP contribution >= 0.6 is 0 Å². The van der Waals surface area contributed by atoms with Crippen molar-refractivity contribution in [1.82, 2.24) is 15.1 Å². The SMILES string of the molecule is CCN(CC1CCN(C(=NC)NCCCOCC2CCOCC2)C1)CC(F)(F)F. The molecule has 0 spiro atoms. The molecule has 2 heterocycles. The number of nitrogens with zero attached hydrogens (tertiary/aromatic N) is 3. The number of alkyl halides is 3. The van der Waals surface area contributed by atoms with E-state index in [0.717, 1.165) is 71.1 Å². The number of hydrogen-bond acceptors (Lipinski definition) is 4. The van der Waals surface area contributed by atoms with E-state index in [1.54, 1.807) is 14.0 Å². The molecule has 0 aromatic heterocycles. The Balaban J connectivity index is 1.61. The molecule has 0 aromatic carbocycles. The number of likely N-dealkylation sites (tertiary alicyclic amines) is 1. The highest BCUT2D eigenvalue weighted by atomic mass is 19.4. The number of rotatable bonds is 10. The molecule has 1 unspecified atom stereocenters. The van der Waals surface area contributed by atoms with Crippen LogP contribution in [0, 0.1) is 11.8 Å². The average molecular weight is 423 g/mol. The predicted octanol–water partition coefficient (Wildman–Crippen LogP) is 2.60. The van der Waals surface area contributed by atoms with E-state index in [0.29, 0.717) is 25.6 Å². The molecule has 170 valence electrons. The van der Waals surface area contributed by atoms with Gasteiger partial charge in [0.15, 0.2) is 5.96 Å². The summed E-state index contributed by atoms with van der Waals surface area (Å²) in [5.74, 6) is 1.68. The Kier molecular flexibility index (Phi) is 10.5. The second-order valence-electron chi connectivity index (χ2n) is 8.00. The molecule has 6 nitrogen and oxygen atoms in total. The van der Waals surface area contributed by atoms with Gasteiger partial charge in [0.25, 0.3) is 0 Å². The van der Waals surface area contributed by atoms with Crippen LogP contribution in [0.2, 0.25) is 0 Å². The minimum Gasteiger partial charge on any atom is -0.381 e. The third kappa shape index (κ3) is 9.53. The summed E-state index contributed by atoms with van der Waals surface area (Å²) in [6, 6.07) is 0. The maximum Gasteiger partial charge on any atom is 0.401 e. The predicted molar refractivity (Wildman–Crippen MR) is 108 cm³/mol. The molecule has 0 bridgehead atoms. The van der Waals surface area contributed by atoms with Gasteiger partial charge in [0.1, 0.15) is 0 Å². The lowest BCUT2D eigenvalue weighted by atomic mass is 10.0. The zero-order valence-corrected chi connectivity index (χ0v) is 17.8. The minimum absolute atomic E-state index is 0.235. The summed E-state index contributed by atoms with van der Waals surface area (Å²) in [7, 11) is 1.75. The molecule has 1 atom stereocenters. The molecule has 0 aliphatic carbocycles. The van der Waals surface area contributed by atoms with Crippen molar-refractivity contribution in [3.63, 3.8) is 0 Å². The Hall–Kier alpha value is -1.06. The number of nitrogens with one attached hydrogen (secondary N) is 1. The van der Waals surface area contributed by atoms with Crippen LogP contribution in [0.1, 0.15) is 32.6 Å². The molecular formula is C20H37F3N4O2. The molecule has 0 radical (unpaired) electrons. The van der Waals surface area contributed by atoms with E-state index in [2.05, 4.69) is 15.2 Å². The van der Waals surface area contributed by atoms with Crippen molar-refractivity contribution in [3.05, 3.63) is 0 Å². The van der Waals surface area contributed by atoms with Gasteiger partial charge in [-0.2, -0.15) is 13.2 Å². The van der Waals surface area contributed by atoms with Gasteiger partial charge in [-0.1, -0.05) is 6.92 Å². The molecule has 2 saturated heterocycles. The summed E-state index contributed by atoms with van der Waals surface area (Å²) in [6.07, 6.45) is -0.185. The van der Waals surface area contributed by atoms with Crippen molar-refractivity contribution in [2.24, 2.45) is 16.8 Å². The van der Waals surface area contributed by atoms with Crippen LogP contribution in [0.3, 0.4) is 0 Å². The Labute approximate surface area is 172 Å². The van der Waals surface area contributed by atoms with E-state index in [9.17, 15) is 13.2 Å². The first-order valence-electron chi connectivity index (χ1n) is 10.8. The van der Waals surface area contributed by atoms with E-state index < -0.39 is 12.7 Å². The van der Waals surface area contributed by atoms with Gasteiger partial charge in [-0.15, -0.1) is 0 Å². The van der Waals surface area contributed by atoms with Gasteiger partial charge in [-0.3, -0.25) is 9.89 Å². The molecule has 9 heteroatoms. The molecule has 2 aliphatic rings. The number of aliphatic imine (C=N–C) groups is 1. The van der Waals surface area contributed by atoms with E-state index >= 15 is 0 Å². The zero-order valence-electron chi connectivity index (χ0n) is 17.8. The topological polar surface area (TPSA) is 49.3 Å². The Morgan fingerprint density at radius 3 is 2.66 bits per heavy atom. The van der Waals surface area contributed by atoms with Crippen molar-refractivity contribution < 1.29 is 22.6 Å². The van der Waals surface area contributed by atoms with E-state index in [1.807, 2.05) is 0 Å². The summed E-state index contributed by atoms with van der Waals surface area (Å²) in [6.45, 7) is 7.39. The van der Waals surface area contributed by atoms with Crippen molar-refractivity contribution in [3.8, 4) is 0 Å². The fraction of sp³-hybridized carbons (Fsp3) is 0.950. The lowest BCUT2D eigenvalue weighted by Gasteiger charge is -2.26. The molecule has 29 heavy (non-hydrogen) atoms. The minimum atomic E-state index is -4.14. The first kappa shape index (κ1) is 24.2. The maximum absolute atomic E-state index is 12.7. The number of halogens is 3. The van der Waals surface area contributed by atoms with E-state index in [-0.39, 0.29) is 5.92 Å². The van der Waals surface area contributed by atoms with Crippen LogP contribution in [-0.4, -0.2) is 94.7 Å². The molecule has 0 aromatic rings. The van der Waals surface area contributed by atoms with Crippen LogP contribution in [0.25, 0.3) is 0 Å². The second kappa shape index (κ2) is 12.6. The van der Waals surface area contributed by atoms with Gasteiger partial charge in [-0.05, 0) is 44.1 Å². The van der Waals surface area contributed by atoms with Crippen LogP contribution in [0.5, 0.6) is 0 Å². The summed E-state index contributed by atoms with van der Waals surface area (Å²) >= 11 is 0. The number of hydrogen-bond donors (Lipinski definition) is 1. The number of ether oxygens (including phenoxy) is 2. The Bertz CT molecular complexity index is 485. The van der Waals surface area contributed by atoms with E-state index in [4.69, 9.17) is 9.47 Å². The van der Waals surface area contributed by atoms with Crippen molar-refractivity contribution in [1.29, 1.82) is 0 Å². The van der Waals surface area contributed by atoms with Gasteiger partial charge in [-0.25, -0.2) is 0 Å². The van der Waals surface area contributed by atoms with Crippen LogP contribution in [-0.2, 0) is 9.47 Å². The van der Waals surface area contributed by atoms with Crippen molar-refractivity contribution in [2.45, 2.75) is 38.8 Å². The summed E-state index contributed by atoms with van der Waals surface area (Å²) < 4.78 is 49.1. The first-order valence-corrected chi connectivity index (χ1v) is 10.8. The molecule has 2 aliphatic heterocycles. The molecule has 2 fully saturated rings. The quantitative estimate of drug-likeness (QED) is 0.333. The summed E-state index contributed by atoms with van der Waals surface area (Å²) in [4.78, 5) is 7.97. The maximum atomic E-state index is 12.7. The van der Waals surface area contributed by atoms with E-state index in [1.165, 1.54) is 4.90 Å². The van der Waals surface area contributed by atoms with Gasteiger partial charge < -0.3 is 19.7 Å². The third-order valence-electron chi connectivity index (χ3n) is 5.61. The molecule has 1 N–H and O–H groups in total. The third-order valence-corrected chi connectivity index (χ3v) is 5.61. The molecule has 0 amide bonds.